The minimum absolute atomic E-state index is 0.370. The molecule has 0 saturated carbocycles. The molecule has 0 amide bonds. The molecule has 2 rings (SSSR count). The van der Waals surface area contributed by atoms with Crippen molar-refractivity contribution in [1.82, 2.24) is 4.98 Å². The minimum atomic E-state index is -0.770. The number of aromatic nitrogens is 1. The van der Waals surface area contributed by atoms with Crippen molar-refractivity contribution in [1.29, 1.82) is 0 Å². The second kappa shape index (κ2) is 5.08. The van der Waals surface area contributed by atoms with E-state index in [1.807, 2.05) is 38.1 Å². The van der Waals surface area contributed by atoms with Crippen LogP contribution in [0.25, 0.3) is 0 Å². The lowest BCUT2D eigenvalue weighted by molar-refractivity contribution is 0.219. The molecule has 0 aliphatic carbocycles. The van der Waals surface area contributed by atoms with Gasteiger partial charge < -0.3 is 10.8 Å². The van der Waals surface area contributed by atoms with E-state index < -0.39 is 6.10 Å². The molecule has 3 nitrogen and oxygen atoms in total. The first-order valence-corrected chi connectivity index (χ1v) is 6.45. The lowest BCUT2D eigenvalue weighted by Crippen LogP contribution is -2.08. The van der Waals surface area contributed by atoms with Crippen molar-refractivity contribution in [2.45, 2.75) is 20.0 Å². The van der Waals surface area contributed by atoms with E-state index in [9.17, 15) is 5.11 Å². The minimum Gasteiger partial charge on any atom is -0.383 e. The number of aryl methyl sites for hydroxylation is 2. The number of rotatable bonds is 2. The Balaban J connectivity index is 2.51. The number of anilines is 1. The Morgan fingerprint density at radius 2 is 2.00 bits per heavy atom. The number of nitrogens with zero attached hydrogens (tertiary/aromatic N) is 1. The molecule has 0 radical (unpaired) electrons. The summed E-state index contributed by atoms with van der Waals surface area (Å²) in [6, 6.07) is 7.68. The molecule has 1 heterocycles. The molecular weight excluding hydrogens is 292 g/mol. The summed E-state index contributed by atoms with van der Waals surface area (Å²) in [6.45, 7) is 3.92. The van der Waals surface area contributed by atoms with Gasteiger partial charge in [-0.2, -0.15) is 0 Å². The predicted octanol–water partition coefficient (Wildman–Crippen LogP) is 3.12. The van der Waals surface area contributed by atoms with Crippen LogP contribution in [-0.4, -0.2) is 10.1 Å². The fraction of sp³-hybridized carbons (Fsp3) is 0.214. The number of halogens is 1. The summed E-state index contributed by atoms with van der Waals surface area (Å²) < 4.78 is 0.873. The van der Waals surface area contributed by atoms with Crippen molar-refractivity contribution in [3.05, 3.63) is 57.2 Å². The molecule has 1 atom stereocenters. The van der Waals surface area contributed by atoms with Gasteiger partial charge in [-0.25, -0.2) is 4.98 Å². The first-order chi connectivity index (χ1) is 8.50. The van der Waals surface area contributed by atoms with Gasteiger partial charge in [0, 0.05) is 16.2 Å². The van der Waals surface area contributed by atoms with Crippen LogP contribution < -0.4 is 5.73 Å². The maximum atomic E-state index is 10.5. The first-order valence-electron chi connectivity index (χ1n) is 5.66. The van der Waals surface area contributed by atoms with E-state index in [1.165, 1.54) is 0 Å². The Hall–Kier alpha value is -1.39. The number of benzene rings is 1. The number of hydrogen-bond acceptors (Lipinski definition) is 3. The Morgan fingerprint density at radius 3 is 2.61 bits per heavy atom. The number of aliphatic hydroxyl groups excluding tert-OH is 1. The summed E-state index contributed by atoms with van der Waals surface area (Å²) in [5.74, 6) is 0.370. The van der Waals surface area contributed by atoms with Gasteiger partial charge in [-0.15, -0.1) is 0 Å². The fourth-order valence-electron chi connectivity index (χ4n) is 1.96. The molecule has 18 heavy (non-hydrogen) atoms. The first kappa shape index (κ1) is 13.1. The zero-order chi connectivity index (χ0) is 13.3. The number of hydrogen-bond donors (Lipinski definition) is 2. The van der Waals surface area contributed by atoms with E-state index in [0.717, 1.165) is 21.2 Å². The molecule has 0 aliphatic rings. The molecule has 4 heteroatoms. The van der Waals surface area contributed by atoms with Crippen LogP contribution in [-0.2, 0) is 0 Å². The Bertz CT molecular complexity index is 564. The second-order valence-electron chi connectivity index (χ2n) is 4.35. The van der Waals surface area contributed by atoms with Crippen molar-refractivity contribution in [3.63, 3.8) is 0 Å². The van der Waals surface area contributed by atoms with Crippen molar-refractivity contribution in [2.75, 3.05) is 5.73 Å². The summed E-state index contributed by atoms with van der Waals surface area (Å²) >= 11 is 3.47. The van der Waals surface area contributed by atoms with Gasteiger partial charge in [0.15, 0.2) is 0 Å². The fourth-order valence-corrected chi connectivity index (χ4v) is 2.67. The summed E-state index contributed by atoms with van der Waals surface area (Å²) in [5.41, 5.74) is 9.38. The van der Waals surface area contributed by atoms with Crippen LogP contribution in [0.4, 0.5) is 5.82 Å². The molecule has 2 aromatic rings. The monoisotopic (exact) mass is 306 g/mol. The van der Waals surface area contributed by atoms with Crippen LogP contribution in [0.15, 0.2) is 34.9 Å². The van der Waals surface area contributed by atoms with Gasteiger partial charge in [-0.1, -0.05) is 28.1 Å². The zero-order valence-corrected chi connectivity index (χ0v) is 11.9. The van der Waals surface area contributed by atoms with Gasteiger partial charge in [0.2, 0.25) is 0 Å². The summed E-state index contributed by atoms with van der Waals surface area (Å²) in [6.07, 6.45) is 0.874. The van der Waals surface area contributed by atoms with E-state index in [0.29, 0.717) is 11.4 Å². The molecule has 0 saturated heterocycles. The smallest absolute Gasteiger partial charge is 0.129 e. The highest BCUT2D eigenvalue weighted by atomic mass is 79.9. The van der Waals surface area contributed by atoms with Gasteiger partial charge in [0.25, 0.3) is 0 Å². The molecule has 1 unspecified atom stereocenters. The number of pyridine rings is 1. The molecular formula is C14H15BrN2O. The normalized spacial score (nSPS) is 12.4. The number of aliphatic hydroxyl groups is 1. The van der Waals surface area contributed by atoms with Crippen LogP contribution in [0.5, 0.6) is 0 Å². The maximum Gasteiger partial charge on any atom is 0.129 e. The highest BCUT2D eigenvalue weighted by Gasteiger charge is 2.18. The Kier molecular flexibility index (Phi) is 3.68. The van der Waals surface area contributed by atoms with Gasteiger partial charge in [-0.05, 0) is 42.7 Å². The average Bonchev–Trinajstić information content (AvgIpc) is 2.28. The van der Waals surface area contributed by atoms with Gasteiger partial charge >= 0.3 is 0 Å². The van der Waals surface area contributed by atoms with E-state index in [4.69, 9.17) is 5.73 Å². The Labute approximate surface area is 115 Å². The van der Waals surface area contributed by atoms with Gasteiger partial charge in [0.05, 0.1) is 0 Å². The lowest BCUT2D eigenvalue weighted by Gasteiger charge is -2.17. The lowest BCUT2D eigenvalue weighted by atomic mass is 9.97. The van der Waals surface area contributed by atoms with Crippen LogP contribution in [0, 0.1) is 13.8 Å². The van der Waals surface area contributed by atoms with Crippen LogP contribution in [0.2, 0.25) is 0 Å². The molecule has 1 aromatic heterocycles. The van der Waals surface area contributed by atoms with Gasteiger partial charge in [0.1, 0.15) is 11.9 Å². The highest BCUT2D eigenvalue weighted by molar-refractivity contribution is 9.10. The van der Waals surface area contributed by atoms with Crippen molar-refractivity contribution < 1.29 is 5.11 Å². The summed E-state index contributed by atoms with van der Waals surface area (Å²) in [5, 5.41) is 10.5. The van der Waals surface area contributed by atoms with E-state index in [1.54, 1.807) is 6.20 Å². The average molecular weight is 307 g/mol. The SMILES string of the molecule is Cc1ccc(C(O)c2c(C)ccnc2N)c(Br)c1. The molecule has 0 bridgehead atoms. The summed E-state index contributed by atoms with van der Waals surface area (Å²) in [7, 11) is 0. The number of nitrogen functional groups attached to an aromatic ring is 1. The Morgan fingerprint density at radius 1 is 1.28 bits per heavy atom. The van der Waals surface area contributed by atoms with E-state index in [2.05, 4.69) is 20.9 Å². The third kappa shape index (κ3) is 2.40. The van der Waals surface area contributed by atoms with Gasteiger partial charge in [-0.3, -0.25) is 0 Å². The second-order valence-corrected chi connectivity index (χ2v) is 5.21. The third-order valence-corrected chi connectivity index (χ3v) is 3.65. The molecule has 0 aliphatic heterocycles. The quantitative estimate of drug-likeness (QED) is 0.896. The molecule has 1 aromatic carbocycles. The van der Waals surface area contributed by atoms with E-state index in [-0.39, 0.29) is 0 Å². The van der Waals surface area contributed by atoms with Crippen LogP contribution in [0.3, 0.4) is 0 Å². The molecule has 0 fully saturated rings. The zero-order valence-electron chi connectivity index (χ0n) is 10.3. The summed E-state index contributed by atoms with van der Waals surface area (Å²) in [4.78, 5) is 4.04. The standard InChI is InChI=1S/C14H15BrN2O/c1-8-3-4-10(11(15)7-8)13(18)12-9(2)5-6-17-14(12)16/h3-7,13,18H,1-2H3,(H2,16,17). The van der Waals surface area contributed by atoms with Crippen LogP contribution >= 0.6 is 15.9 Å². The predicted molar refractivity (Wildman–Crippen MR) is 76.3 cm³/mol. The number of nitrogens with two attached hydrogens (primary N) is 1. The highest BCUT2D eigenvalue weighted by Crippen LogP contribution is 2.32. The maximum absolute atomic E-state index is 10.5. The van der Waals surface area contributed by atoms with Crippen molar-refractivity contribution in [2.24, 2.45) is 0 Å². The van der Waals surface area contributed by atoms with Crippen LogP contribution in [0.1, 0.15) is 28.4 Å². The largest absolute Gasteiger partial charge is 0.383 e. The molecule has 3 N–H and O–H groups in total. The third-order valence-electron chi connectivity index (χ3n) is 2.96. The van der Waals surface area contributed by atoms with Crippen molar-refractivity contribution in [3.8, 4) is 0 Å². The van der Waals surface area contributed by atoms with E-state index >= 15 is 0 Å². The van der Waals surface area contributed by atoms with Crippen molar-refractivity contribution >= 4 is 21.7 Å². The molecule has 94 valence electrons. The molecule has 0 spiro atoms. The topological polar surface area (TPSA) is 59.1 Å².